The number of hydrogen-bond donors (Lipinski definition) is 6. The van der Waals surface area contributed by atoms with Gasteiger partial charge in [-0.3, -0.25) is 14.4 Å². The molecule has 0 bridgehead atoms. The molecule has 9 nitrogen and oxygen atoms in total. The lowest BCUT2D eigenvalue weighted by molar-refractivity contribution is -0.142. The van der Waals surface area contributed by atoms with Crippen LogP contribution in [-0.2, 0) is 19.2 Å². The predicted molar refractivity (Wildman–Crippen MR) is 89.7 cm³/mol. The van der Waals surface area contributed by atoms with Gasteiger partial charge in [0, 0.05) is 12.2 Å². The molecule has 0 spiro atoms. The number of nitrogens with two attached hydrogens (primary N) is 1. The molecule has 0 aliphatic rings. The van der Waals surface area contributed by atoms with Gasteiger partial charge in [-0.2, -0.15) is 12.6 Å². The highest BCUT2D eigenvalue weighted by atomic mass is 32.1. The fourth-order valence-corrected chi connectivity index (χ4v) is 2.11. The Kier molecular flexibility index (Phi) is 10.0. The summed E-state index contributed by atoms with van der Waals surface area (Å²) >= 11 is 3.97. The van der Waals surface area contributed by atoms with E-state index in [-0.39, 0.29) is 30.9 Å². The van der Waals surface area contributed by atoms with E-state index < -0.39 is 41.9 Å². The van der Waals surface area contributed by atoms with Gasteiger partial charge in [-0.15, -0.1) is 0 Å². The number of carboxylic acids is 2. The molecule has 0 radical (unpaired) electrons. The molecule has 0 fully saturated rings. The van der Waals surface area contributed by atoms with E-state index in [2.05, 4.69) is 23.3 Å². The number of carbonyl (C=O) groups is 4. The summed E-state index contributed by atoms with van der Waals surface area (Å²) in [6, 6.07) is -3.22. The maximum atomic E-state index is 12.1. The number of carboxylic acid groups (broad SMARTS) is 2. The second-order valence-electron chi connectivity index (χ2n) is 5.81. The Morgan fingerprint density at radius 2 is 1.58 bits per heavy atom. The summed E-state index contributed by atoms with van der Waals surface area (Å²) < 4.78 is 0. The fraction of sp³-hybridized carbons (Fsp3) is 0.714. The molecule has 6 N–H and O–H groups in total. The molecule has 0 unspecified atom stereocenters. The molecule has 0 saturated heterocycles. The van der Waals surface area contributed by atoms with Crippen LogP contribution in [0.4, 0.5) is 0 Å². The highest BCUT2D eigenvalue weighted by Crippen LogP contribution is 2.06. The summed E-state index contributed by atoms with van der Waals surface area (Å²) in [6.45, 7) is 3.64. The zero-order valence-electron chi connectivity index (χ0n) is 13.7. The number of thiol groups is 1. The maximum absolute atomic E-state index is 12.1. The second-order valence-corrected chi connectivity index (χ2v) is 6.18. The standard InChI is InChI=1S/C14H25N3O6S/c1-7(2)5-9(14(22)23)16-13(21)10(6-24)17-12(20)8(15)3-4-11(18)19/h7-10,24H,3-6,15H2,1-2H3,(H,16,21)(H,17,20)(H,18,19)(H,22,23)/t8-,9-,10-/m0/s1. The first-order valence-corrected chi connectivity index (χ1v) is 8.13. The minimum Gasteiger partial charge on any atom is -0.481 e. The normalized spacial score (nSPS) is 14.5. The van der Waals surface area contributed by atoms with Crippen LogP contribution in [0.15, 0.2) is 0 Å². The van der Waals surface area contributed by atoms with Crippen molar-refractivity contribution in [2.24, 2.45) is 11.7 Å². The van der Waals surface area contributed by atoms with E-state index in [0.717, 1.165) is 0 Å². The molecule has 0 heterocycles. The molecule has 0 aliphatic carbocycles. The summed E-state index contributed by atoms with van der Waals surface area (Å²) in [4.78, 5) is 45.6. The Bertz CT molecular complexity index is 471. The van der Waals surface area contributed by atoms with E-state index in [4.69, 9.17) is 15.9 Å². The van der Waals surface area contributed by atoms with Gasteiger partial charge in [0.2, 0.25) is 11.8 Å². The Labute approximate surface area is 145 Å². The highest BCUT2D eigenvalue weighted by molar-refractivity contribution is 7.80. The van der Waals surface area contributed by atoms with Crippen molar-refractivity contribution in [2.45, 2.75) is 51.2 Å². The summed E-state index contributed by atoms with van der Waals surface area (Å²) in [5, 5.41) is 22.4. The van der Waals surface area contributed by atoms with Crippen molar-refractivity contribution in [3.8, 4) is 0 Å². The monoisotopic (exact) mass is 363 g/mol. The van der Waals surface area contributed by atoms with Crippen molar-refractivity contribution in [1.29, 1.82) is 0 Å². The summed E-state index contributed by atoms with van der Waals surface area (Å²) in [7, 11) is 0. The second kappa shape index (κ2) is 10.9. The van der Waals surface area contributed by atoms with E-state index >= 15 is 0 Å². The zero-order chi connectivity index (χ0) is 18.9. The number of hydrogen-bond acceptors (Lipinski definition) is 6. The van der Waals surface area contributed by atoms with Crippen LogP contribution in [-0.4, -0.2) is 57.8 Å². The molecule has 24 heavy (non-hydrogen) atoms. The largest absolute Gasteiger partial charge is 0.481 e. The van der Waals surface area contributed by atoms with Gasteiger partial charge in [-0.25, -0.2) is 4.79 Å². The molecular weight excluding hydrogens is 338 g/mol. The SMILES string of the molecule is CC(C)C[C@H](NC(=O)[C@H](CS)NC(=O)[C@@H](N)CCC(=O)O)C(=O)O. The van der Waals surface area contributed by atoms with Gasteiger partial charge >= 0.3 is 11.9 Å². The van der Waals surface area contributed by atoms with Crippen molar-refractivity contribution in [1.82, 2.24) is 10.6 Å². The smallest absolute Gasteiger partial charge is 0.326 e. The number of amides is 2. The van der Waals surface area contributed by atoms with Crippen molar-refractivity contribution in [3.63, 3.8) is 0 Å². The van der Waals surface area contributed by atoms with Crippen LogP contribution in [0, 0.1) is 5.92 Å². The first kappa shape index (κ1) is 22.2. The molecule has 3 atom stereocenters. The van der Waals surface area contributed by atoms with E-state index in [1.807, 2.05) is 13.8 Å². The molecule has 10 heteroatoms. The molecule has 0 aromatic heterocycles. The number of nitrogens with one attached hydrogen (secondary N) is 2. The van der Waals surface area contributed by atoms with Crippen LogP contribution in [0.25, 0.3) is 0 Å². The van der Waals surface area contributed by atoms with Crippen LogP contribution < -0.4 is 16.4 Å². The highest BCUT2D eigenvalue weighted by Gasteiger charge is 2.27. The Morgan fingerprint density at radius 1 is 1.04 bits per heavy atom. The molecule has 0 saturated carbocycles. The molecule has 0 aliphatic heterocycles. The molecule has 0 aromatic rings. The van der Waals surface area contributed by atoms with Gasteiger partial charge in [-0.1, -0.05) is 13.8 Å². The molecule has 0 rings (SSSR count). The average Bonchev–Trinajstić information content (AvgIpc) is 2.48. The average molecular weight is 363 g/mol. The van der Waals surface area contributed by atoms with Crippen LogP contribution in [0.2, 0.25) is 0 Å². The van der Waals surface area contributed by atoms with Gasteiger partial charge in [-0.05, 0) is 18.8 Å². The molecule has 2 amide bonds. The Hall–Kier alpha value is -1.81. The third-order valence-electron chi connectivity index (χ3n) is 3.14. The number of aliphatic carboxylic acids is 2. The number of rotatable bonds is 11. The molecule has 0 aromatic carbocycles. The van der Waals surface area contributed by atoms with Crippen LogP contribution in [0.3, 0.4) is 0 Å². The molecule has 138 valence electrons. The first-order chi connectivity index (χ1) is 11.1. The van der Waals surface area contributed by atoms with E-state index in [0.29, 0.717) is 0 Å². The predicted octanol–water partition coefficient (Wildman–Crippen LogP) is -0.791. The molecular formula is C14H25N3O6S. The minimum absolute atomic E-state index is 0.0554. The van der Waals surface area contributed by atoms with Crippen molar-refractivity contribution < 1.29 is 29.4 Å². The van der Waals surface area contributed by atoms with E-state index in [1.165, 1.54) is 0 Å². The Balaban J connectivity index is 4.70. The van der Waals surface area contributed by atoms with Gasteiger partial charge in [0.05, 0.1) is 6.04 Å². The summed E-state index contributed by atoms with van der Waals surface area (Å²) in [5.74, 6) is -3.63. The third kappa shape index (κ3) is 8.73. The first-order valence-electron chi connectivity index (χ1n) is 7.50. The minimum atomic E-state index is -1.17. The lowest BCUT2D eigenvalue weighted by Gasteiger charge is -2.22. The van der Waals surface area contributed by atoms with E-state index in [9.17, 15) is 19.2 Å². The fourth-order valence-electron chi connectivity index (χ4n) is 1.85. The van der Waals surface area contributed by atoms with Crippen LogP contribution >= 0.6 is 12.6 Å². The maximum Gasteiger partial charge on any atom is 0.326 e. The topological polar surface area (TPSA) is 159 Å². The lowest BCUT2D eigenvalue weighted by Crippen LogP contribution is -2.55. The van der Waals surface area contributed by atoms with Gasteiger partial charge in [0.1, 0.15) is 12.1 Å². The Morgan fingerprint density at radius 3 is 2.00 bits per heavy atom. The summed E-state index contributed by atoms with van der Waals surface area (Å²) in [5.41, 5.74) is 5.56. The van der Waals surface area contributed by atoms with Crippen molar-refractivity contribution in [2.75, 3.05) is 5.75 Å². The van der Waals surface area contributed by atoms with Crippen LogP contribution in [0.5, 0.6) is 0 Å². The van der Waals surface area contributed by atoms with Crippen molar-refractivity contribution in [3.05, 3.63) is 0 Å². The van der Waals surface area contributed by atoms with Crippen LogP contribution in [0.1, 0.15) is 33.1 Å². The van der Waals surface area contributed by atoms with Crippen molar-refractivity contribution >= 4 is 36.4 Å². The van der Waals surface area contributed by atoms with E-state index in [1.54, 1.807) is 0 Å². The quantitative estimate of drug-likeness (QED) is 0.262. The van der Waals surface area contributed by atoms with Gasteiger partial charge in [0.15, 0.2) is 0 Å². The summed E-state index contributed by atoms with van der Waals surface area (Å²) in [6.07, 6.45) is -0.110. The van der Waals surface area contributed by atoms with Gasteiger partial charge in [0.25, 0.3) is 0 Å². The zero-order valence-corrected chi connectivity index (χ0v) is 14.6. The number of carbonyl (C=O) groups excluding carboxylic acids is 2. The van der Waals surface area contributed by atoms with Gasteiger partial charge < -0.3 is 26.6 Å². The lowest BCUT2D eigenvalue weighted by atomic mass is 10.0. The third-order valence-corrected chi connectivity index (χ3v) is 3.51.